The number of nitrogens with two attached hydrogens (primary N) is 2. The van der Waals surface area contributed by atoms with Gasteiger partial charge in [0.15, 0.2) is 0 Å². The molecule has 0 bridgehead atoms. The first kappa shape index (κ1) is 7.35. The topological polar surface area (TPSA) is 52.0 Å². The largest absolute Gasteiger partial charge is 0.330 e. The van der Waals surface area contributed by atoms with E-state index in [0.29, 0.717) is 5.66 Å². The first-order valence-electron chi connectivity index (χ1n) is 2.44. The smallest absolute Gasteiger partial charge is 0.0102 e. The van der Waals surface area contributed by atoms with Crippen LogP contribution in [-0.4, -0.2) is 18.5 Å². The average Bonchev–Trinajstić information content (AvgIpc) is 1.68. The monoisotopic (exact) mass is 120 g/mol. The SMILES string of the molecule is CC(CN)PCN. The molecule has 0 aliphatic rings. The maximum Gasteiger partial charge on any atom is 0.0102 e. The van der Waals surface area contributed by atoms with Crippen molar-refractivity contribution in [2.75, 3.05) is 12.8 Å². The lowest BCUT2D eigenvalue weighted by Gasteiger charge is -2.03. The maximum absolute atomic E-state index is 5.31. The van der Waals surface area contributed by atoms with E-state index in [1.54, 1.807) is 0 Å². The lowest BCUT2D eigenvalue weighted by Crippen LogP contribution is -2.13. The highest BCUT2D eigenvalue weighted by molar-refractivity contribution is 7.38. The van der Waals surface area contributed by atoms with E-state index in [2.05, 4.69) is 6.92 Å². The van der Waals surface area contributed by atoms with E-state index in [0.717, 1.165) is 21.4 Å². The Kier molecular flexibility index (Phi) is 4.73. The molecule has 0 radical (unpaired) electrons. The third kappa shape index (κ3) is 4.20. The first-order valence-corrected chi connectivity index (χ1v) is 3.73. The van der Waals surface area contributed by atoms with Gasteiger partial charge in [-0.1, -0.05) is 6.92 Å². The molecule has 0 saturated carbocycles. The molecular weight excluding hydrogens is 107 g/mol. The second-order valence-electron chi connectivity index (χ2n) is 1.54. The molecule has 0 rings (SSSR count). The second-order valence-corrected chi connectivity index (χ2v) is 3.35. The summed E-state index contributed by atoms with van der Waals surface area (Å²) in [5.74, 6) is 0. The van der Waals surface area contributed by atoms with Gasteiger partial charge in [0.05, 0.1) is 0 Å². The summed E-state index contributed by atoms with van der Waals surface area (Å²) in [5.41, 5.74) is 11.2. The van der Waals surface area contributed by atoms with Crippen LogP contribution in [0.25, 0.3) is 0 Å². The predicted molar refractivity (Wildman–Crippen MR) is 35.9 cm³/mol. The van der Waals surface area contributed by atoms with E-state index >= 15 is 0 Å². The fourth-order valence-electron chi connectivity index (χ4n) is 0.285. The van der Waals surface area contributed by atoms with Crippen molar-refractivity contribution in [1.29, 1.82) is 0 Å². The quantitative estimate of drug-likeness (QED) is 0.512. The van der Waals surface area contributed by atoms with Gasteiger partial charge in [0.25, 0.3) is 0 Å². The summed E-state index contributed by atoms with van der Waals surface area (Å²) in [6.07, 6.45) is 0.790. The van der Waals surface area contributed by atoms with Gasteiger partial charge in [-0.3, -0.25) is 0 Å². The van der Waals surface area contributed by atoms with Crippen molar-refractivity contribution in [3.63, 3.8) is 0 Å². The maximum atomic E-state index is 5.31. The molecule has 0 aliphatic carbocycles. The Morgan fingerprint density at radius 1 is 1.57 bits per heavy atom. The zero-order chi connectivity index (χ0) is 5.70. The molecule has 0 aromatic heterocycles. The van der Waals surface area contributed by atoms with Gasteiger partial charge in [-0.05, 0) is 12.2 Å². The first-order chi connectivity index (χ1) is 3.31. The Hall–Kier alpha value is 0.350. The number of hydrogen-bond acceptors (Lipinski definition) is 2. The highest BCUT2D eigenvalue weighted by Gasteiger charge is 1.92. The van der Waals surface area contributed by atoms with E-state index in [1.807, 2.05) is 0 Å². The summed E-state index contributed by atoms with van der Waals surface area (Å²) in [6, 6.07) is 0. The third-order valence-electron chi connectivity index (χ3n) is 0.820. The van der Waals surface area contributed by atoms with Crippen molar-refractivity contribution in [3.8, 4) is 0 Å². The summed E-state index contributed by atoms with van der Waals surface area (Å²) < 4.78 is 0. The fourth-order valence-corrected chi connectivity index (χ4v) is 0.854. The summed E-state index contributed by atoms with van der Waals surface area (Å²) in [5, 5.41) is 0. The molecule has 0 amide bonds. The van der Waals surface area contributed by atoms with Gasteiger partial charge < -0.3 is 11.5 Å². The molecule has 4 N–H and O–H groups in total. The van der Waals surface area contributed by atoms with E-state index in [9.17, 15) is 0 Å². The molecule has 0 heterocycles. The fraction of sp³-hybridized carbons (Fsp3) is 1.00. The van der Waals surface area contributed by atoms with Crippen molar-refractivity contribution in [1.82, 2.24) is 0 Å². The van der Waals surface area contributed by atoms with E-state index in [4.69, 9.17) is 11.5 Å². The second kappa shape index (κ2) is 4.51. The van der Waals surface area contributed by atoms with Gasteiger partial charge in [-0.15, -0.1) is 8.58 Å². The highest BCUT2D eigenvalue weighted by Crippen LogP contribution is 2.12. The Morgan fingerprint density at radius 2 is 2.14 bits per heavy atom. The van der Waals surface area contributed by atoms with E-state index in [1.165, 1.54) is 0 Å². The molecule has 2 unspecified atom stereocenters. The molecule has 3 heteroatoms. The summed E-state index contributed by atoms with van der Waals surface area (Å²) >= 11 is 0. The molecule has 0 aromatic rings. The zero-order valence-corrected chi connectivity index (χ0v) is 5.65. The van der Waals surface area contributed by atoms with Gasteiger partial charge in [0.1, 0.15) is 0 Å². The summed E-state index contributed by atoms with van der Waals surface area (Å²) in [7, 11) is 0.841. The van der Waals surface area contributed by atoms with Crippen LogP contribution >= 0.6 is 8.58 Å². The standard InChI is InChI=1S/C4H13N2P/c1-4(2-5)7-3-6/h4,7H,2-3,5-6H2,1H3. The van der Waals surface area contributed by atoms with Crippen molar-refractivity contribution >= 4 is 8.58 Å². The Balaban J connectivity index is 2.83. The molecule has 0 spiro atoms. The minimum atomic E-state index is 0.630. The van der Waals surface area contributed by atoms with Crippen LogP contribution in [0.2, 0.25) is 0 Å². The molecule has 0 aromatic carbocycles. The molecule has 0 fully saturated rings. The van der Waals surface area contributed by atoms with Crippen LogP contribution in [0.4, 0.5) is 0 Å². The minimum Gasteiger partial charge on any atom is -0.330 e. The van der Waals surface area contributed by atoms with Crippen LogP contribution in [0.5, 0.6) is 0 Å². The molecule has 44 valence electrons. The number of hydrogen-bond donors (Lipinski definition) is 2. The van der Waals surface area contributed by atoms with Gasteiger partial charge in [0.2, 0.25) is 0 Å². The van der Waals surface area contributed by atoms with Crippen LogP contribution in [0.1, 0.15) is 6.92 Å². The molecular formula is C4H13N2P. The van der Waals surface area contributed by atoms with Crippen molar-refractivity contribution in [2.45, 2.75) is 12.6 Å². The Morgan fingerprint density at radius 3 is 2.29 bits per heavy atom. The minimum absolute atomic E-state index is 0.630. The highest BCUT2D eigenvalue weighted by atomic mass is 31.1. The molecule has 2 nitrogen and oxygen atoms in total. The Bertz CT molecular complexity index is 40.7. The normalized spacial score (nSPS) is 15.9. The third-order valence-corrected chi connectivity index (χ3v) is 1.99. The average molecular weight is 120 g/mol. The zero-order valence-electron chi connectivity index (χ0n) is 4.65. The van der Waals surface area contributed by atoms with Gasteiger partial charge >= 0.3 is 0 Å². The van der Waals surface area contributed by atoms with Crippen LogP contribution in [-0.2, 0) is 0 Å². The van der Waals surface area contributed by atoms with Gasteiger partial charge in [-0.2, -0.15) is 0 Å². The van der Waals surface area contributed by atoms with E-state index < -0.39 is 0 Å². The van der Waals surface area contributed by atoms with Gasteiger partial charge in [-0.25, -0.2) is 0 Å². The van der Waals surface area contributed by atoms with Crippen LogP contribution < -0.4 is 11.5 Å². The molecule has 2 atom stereocenters. The lowest BCUT2D eigenvalue weighted by atomic mass is 10.5. The van der Waals surface area contributed by atoms with E-state index in [-0.39, 0.29) is 0 Å². The summed E-state index contributed by atoms with van der Waals surface area (Å²) in [6.45, 7) is 2.89. The van der Waals surface area contributed by atoms with Crippen LogP contribution in [0.15, 0.2) is 0 Å². The van der Waals surface area contributed by atoms with Crippen molar-refractivity contribution in [2.24, 2.45) is 11.5 Å². The van der Waals surface area contributed by atoms with Crippen molar-refractivity contribution < 1.29 is 0 Å². The molecule has 7 heavy (non-hydrogen) atoms. The lowest BCUT2D eigenvalue weighted by molar-refractivity contribution is 0.943. The van der Waals surface area contributed by atoms with Crippen LogP contribution in [0.3, 0.4) is 0 Å². The van der Waals surface area contributed by atoms with Crippen molar-refractivity contribution in [3.05, 3.63) is 0 Å². The summed E-state index contributed by atoms with van der Waals surface area (Å²) in [4.78, 5) is 0. The number of rotatable bonds is 3. The predicted octanol–water partition coefficient (Wildman–Crippen LogP) is -0.0717. The van der Waals surface area contributed by atoms with Gasteiger partial charge in [0, 0.05) is 6.29 Å². The van der Waals surface area contributed by atoms with Crippen LogP contribution in [0, 0.1) is 0 Å². The molecule has 0 saturated heterocycles. The Labute approximate surface area is 46.4 Å². The molecule has 0 aliphatic heterocycles.